The van der Waals surface area contributed by atoms with E-state index in [2.05, 4.69) is 4.72 Å². The second-order valence-corrected chi connectivity index (χ2v) is 9.25. The number of hydrogen-bond donors (Lipinski definition) is 2. The summed E-state index contributed by atoms with van der Waals surface area (Å²) in [6.45, 7) is 0. The lowest BCUT2D eigenvalue weighted by atomic mass is 10.1. The summed E-state index contributed by atoms with van der Waals surface area (Å²) in [5, 5.41) is 11.4. The first-order valence-corrected chi connectivity index (χ1v) is 9.97. The molecule has 2 aromatic carbocycles. The highest BCUT2D eigenvalue weighted by Gasteiger charge is 2.38. The minimum Gasteiger partial charge on any atom is -0.390 e. The molecule has 22 heavy (non-hydrogen) atoms. The molecule has 0 amide bonds. The lowest BCUT2D eigenvalue weighted by Gasteiger charge is -2.15. The number of nitrogens with one attached hydrogen (secondary N) is 1. The maximum atomic E-state index is 12.4. The zero-order valence-corrected chi connectivity index (χ0v) is 13.1. The minimum absolute atomic E-state index is 0.0442. The van der Waals surface area contributed by atoms with Crippen molar-refractivity contribution in [2.24, 2.45) is 0 Å². The number of aliphatic hydroxyl groups is 1. The van der Waals surface area contributed by atoms with Gasteiger partial charge in [-0.05, 0) is 22.9 Å². The van der Waals surface area contributed by atoms with E-state index < -0.39 is 37.8 Å². The molecule has 2 aromatic rings. The molecule has 1 aliphatic rings. The molecule has 0 unspecified atom stereocenters. The Bertz CT molecular complexity index is 921. The van der Waals surface area contributed by atoms with Crippen LogP contribution in [0.2, 0.25) is 0 Å². The molecule has 118 valence electrons. The fourth-order valence-electron chi connectivity index (χ4n) is 2.54. The number of rotatable bonds is 3. The van der Waals surface area contributed by atoms with Crippen molar-refractivity contribution in [1.29, 1.82) is 0 Å². The molecular weight excluding hydrogens is 326 g/mol. The third kappa shape index (κ3) is 3.00. The van der Waals surface area contributed by atoms with Crippen LogP contribution in [0.4, 0.5) is 0 Å². The van der Waals surface area contributed by atoms with Gasteiger partial charge in [-0.25, -0.2) is 21.6 Å². The zero-order valence-electron chi connectivity index (χ0n) is 11.5. The van der Waals surface area contributed by atoms with E-state index in [4.69, 9.17) is 0 Å². The van der Waals surface area contributed by atoms with Gasteiger partial charge in [0.15, 0.2) is 9.84 Å². The molecule has 0 radical (unpaired) electrons. The Hall–Kier alpha value is -1.48. The molecule has 1 fully saturated rings. The summed E-state index contributed by atoms with van der Waals surface area (Å²) in [5.74, 6) is -0.807. The van der Waals surface area contributed by atoms with Gasteiger partial charge < -0.3 is 5.11 Å². The Kier molecular flexibility index (Phi) is 3.72. The predicted octanol–water partition coefficient (Wildman–Crippen LogP) is 0.276. The maximum Gasteiger partial charge on any atom is 0.240 e. The molecule has 0 aromatic heterocycles. The molecule has 8 heteroatoms. The number of aliphatic hydroxyl groups excluding tert-OH is 1. The zero-order chi connectivity index (χ0) is 16.0. The van der Waals surface area contributed by atoms with E-state index in [1.165, 1.54) is 12.1 Å². The maximum absolute atomic E-state index is 12.4. The van der Waals surface area contributed by atoms with Gasteiger partial charge in [-0.15, -0.1) is 0 Å². The van der Waals surface area contributed by atoms with Crippen LogP contribution in [0.1, 0.15) is 0 Å². The molecule has 0 bridgehead atoms. The predicted molar refractivity (Wildman–Crippen MR) is 82.7 cm³/mol. The van der Waals surface area contributed by atoms with Crippen molar-refractivity contribution in [3.8, 4) is 0 Å². The molecule has 6 nitrogen and oxygen atoms in total. The molecule has 1 aliphatic heterocycles. The summed E-state index contributed by atoms with van der Waals surface area (Å²) in [4.78, 5) is 0.0442. The van der Waals surface area contributed by atoms with E-state index in [1.54, 1.807) is 18.2 Å². The van der Waals surface area contributed by atoms with Crippen LogP contribution < -0.4 is 4.72 Å². The standard InChI is InChI=1S/C14H15NO5S2/c16-14-9-21(17,18)8-13(14)15-22(19,20)12-6-5-10-3-1-2-4-11(10)7-12/h1-7,13-16H,8-9H2/t13-,14+/m1/s1. The molecular formula is C14H15NO5S2. The number of sulfonamides is 1. The van der Waals surface area contributed by atoms with E-state index in [9.17, 15) is 21.9 Å². The Morgan fingerprint density at radius 3 is 2.36 bits per heavy atom. The molecule has 1 heterocycles. The van der Waals surface area contributed by atoms with Gasteiger partial charge in [0.2, 0.25) is 10.0 Å². The molecule has 3 rings (SSSR count). The average molecular weight is 341 g/mol. The molecule has 0 aliphatic carbocycles. The van der Waals surface area contributed by atoms with Gasteiger partial charge in [-0.2, -0.15) is 0 Å². The van der Waals surface area contributed by atoms with Gasteiger partial charge in [0, 0.05) is 0 Å². The van der Waals surface area contributed by atoms with E-state index >= 15 is 0 Å². The van der Waals surface area contributed by atoms with E-state index in [0.29, 0.717) is 0 Å². The van der Waals surface area contributed by atoms with Crippen LogP contribution in [-0.2, 0) is 19.9 Å². The van der Waals surface area contributed by atoms with Gasteiger partial charge in [-0.1, -0.05) is 30.3 Å². The highest BCUT2D eigenvalue weighted by atomic mass is 32.2. The first-order valence-electron chi connectivity index (χ1n) is 6.66. The summed E-state index contributed by atoms with van der Waals surface area (Å²) in [5.41, 5.74) is 0. The van der Waals surface area contributed by atoms with Crippen molar-refractivity contribution in [2.75, 3.05) is 11.5 Å². The van der Waals surface area contributed by atoms with Crippen molar-refractivity contribution in [3.05, 3.63) is 42.5 Å². The van der Waals surface area contributed by atoms with Crippen LogP contribution in [0.3, 0.4) is 0 Å². The van der Waals surface area contributed by atoms with Crippen LogP contribution in [-0.4, -0.2) is 45.6 Å². The van der Waals surface area contributed by atoms with Crippen molar-refractivity contribution in [2.45, 2.75) is 17.0 Å². The first-order chi connectivity index (χ1) is 10.3. The third-order valence-electron chi connectivity index (χ3n) is 3.66. The van der Waals surface area contributed by atoms with Crippen LogP contribution in [0, 0.1) is 0 Å². The smallest absolute Gasteiger partial charge is 0.240 e. The molecule has 1 saturated heterocycles. The number of sulfone groups is 1. The van der Waals surface area contributed by atoms with Crippen molar-refractivity contribution >= 4 is 30.6 Å². The Balaban J connectivity index is 1.92. The highest BCUT2D eigenvalue weighted by Crippen LogP contribution is 2.21. The van der Waals surface area contributed by atoms with Crippen LogP contribution >= 0.6 is 0 Å². The summed E-state index contributed by atoms with van der Waals surface area (Å²) >= 11 is 0. The van der Waals surface area contributed by atoms with Crippen LogP contribution in [0.15, 0.2) is 47.4 Å². The Labute approximate surface area is 128 Å². The highest BCUT2D eigenvalue weighted by molar-refractivity contribution is 7.92. The van der Waals surface area contributed by atoms with Gasteiger partial charge in [0.05, 0.1) is 28.5 Å². The van der Waals surface area contributed by atoms with Crippen LogP contribution in [0.25, 0.3) is 10.8 Å². The Morgan fingerprint density at radius 1 is 1.05 bits per heavy atom. The largest absolute Gasteiger partial charge is 0.390 e. The second-order valence-electron chi connectivity index (χ2n) is 5.38. The lowest BCUT2D eigenvalue weighted by molar-refractivity contribution is 0.176. The fraction of sp³-hybridized carbons (Fsp3) is 0.286. The number of fused-ring (bicyclic) bond motifs is 1. The number of hydrogen-bond acceptors (Lipinski definition) is 5. The summed E-state index contributed by atoms with van der Waals surface area (Å²) < 4.78 is 49.9. The Morgan fingerprint density at radius 2 is 1.73 bits per heavy atom. The third-order valence-corrected chi connectivity index (χ3v) is 6.86. The van der Waals surface area contributed by atoms with Gasteiger partial charge in [0.1, 0.15) is 0 Å². The summed E-state index contributed by atoms with van der Waals surface area (Å²) in [6.07, 6.45) is -1.22. The topological polar surface area (TPSA) is 101 Å². The van der Waals surface area contributed by atoms with Crippen molar-refractivity contribution < 1.29 is 21.9 Å². The van der Waals surface area contributed by atoms with Crippen molar-refractivity contribution in [1.82, 2.24) is 4.72 Å². The molecule has 2 N–H and O–H groups in total. The minimum atomic E-state index is -3.89. The van der Waals surface area contributed by atoms with Crippen molar-refractivity contribution in [3.63, 3.8) is 0 Å². The molecule has 0 saturated carbocycles. The summed E-state index contributed by atoms with van der Waals surface area (Å²) in [6, 6.07) is 11.0. The van der Waals surface area contributed by atoms with E-state index in [1.807, 2.05) is 12.1 Å². The fourth-order valence-corrected chi connectivity index (χ4v) is 5.69. The second kappa shape index (κ2) is 5.31. The van der Waals surface area contributed by atoms with Gasteiger partial charge in [-0.3, -0.25) is 0 Å². The van der Waals surface area contributed by atoms with E-state index in [0.717, 1.165) is 10.8 Å². The molecule has 2 atom stereocenters. The van der Waals surface area contributed by atoms with E-state index in [-0.39, 0.29) is 10.6 Å². The quantitative estimate of drug-likeness (QED) is 0.835. The van der Waals surface area contributed by atoms with Crippen LogP contribution in [0.5, 0.6) is 0 Å². The lowest BCUT2D eigenvalue weighted by Crippen LogP contribution is -2.42. The number of benzene rings is 2. The normalized spacial score (nSPS) is 24.6. The average Bonchev–Trinajstić information content (AvgIpc) is 2.70. The molecule has 0 spiro atoms. The van der Waals surface area contributed by atoms with Gasteiger partial charge >= 0.3 is 0 Å². The summed E-state index contributed by atoms with van der Waals surface area (Å²) in [7, 11) is -7.30. The SMILES string of the molecule is O=S1(=O)C[C@H](O)[C@H](NS(=O)(=O)c2ccc3ccccc3c2)C1. The first kappa shape index (κ1) is 15.4. The monoisotopic (exact) mass is 341 g/mol. The van der Waals surface area contributed by atoms with Gasteiger partial charge in [0.25, 0.3) is 0 Å².